The van der Waals surface area contributed by atoms with E-state index in [4.69, 9.17) is 9.47 Å². The first-order chi connectivity index (χ1) is 12.6. The van der Waals surface area contributed by atoms with Gasteiger partial charge in [-0.05, 0) is 31.2 Å². The summed E-state index contributed by atoms with van der Waals surface area (Å²) in [6.07, 6.45) is 2.88. The molecule has 3 rings (SSSR count). The topological polar surface area (TPSA) is 76.6 Å². The molecule has 3 heterocycles. The van der Waals surface area contributed by atoms with Gasteiger partial charge in [0.05, 0.1) is 30.7 Å². The van der Waals surface area contributed by atoms with Crippen molar-refractivity contribution in [3.8, 4) is 0 Å². The average Bonchev–Trinajstić information content (AvgIpc) is 3.06. The molecule has 1 aliphatic rings. The number of amides is 1. The van der Waals surface area contributed by atoms with Gasteiger partial charge in [-0.25, -0.2) is 9.97 Å². The molecule has 1 fully saturated rings. The highest BCUT2D eigenvalue weighted by Crippen LogP contribution is 2.32. The van der Waals surface area contributed by atoms with Gasteiger partial charge in [-0.2, -0.15) is 0 Å². The summed E-state index contributed by atoms with van der Waals surface area (Å²) < 4.78 is 10.8. The lowest BCUT2D eigenvalue weighted by molar-refractivity contribution is -0.121. The van der Waals surface area contributed by atoms with Gasteiger partial charge >= 0.3 is 0 Å². The molecule has 0 spiro atoms. The zero-order valence-electron chi connectivity index (χ0n) is 15.5. The maximum Gasteiger partial charge on any atom is 0.220 e. The SMILES string of the molecule is COC(C)CCC(=O)NCC1COCCN1c1ncnc2scc(C)c12. The summed E-state index contributed by atoms with van der Waals surface area (Å²) in [5, 5.41) is 6.24. The quantitative estimate of drug-likeness (QED) is 0.795. The molecule has 142 valence electrons. The Morgan fingerprint density at radius 1 is 1.54 bits per heavy atom. The Hall–Kier alpha value is -1.77. The molecule has 1 saturated heterocycles. The molecule has 2 aromatic rings. The molecule has 1 N–H and O–H groups in total. The summed E-state index contributed by atoms with van der Waals surface area (Å²) in [7, 11) is 1.66. The highest BCUT2D eigenvalue weighted by molar-refractivity contribution is 7.17. The fourth-order valence-corrected chi connectivity index (χ4v) is 3.98. The predicted molar refractivity (Wildman–Crippen MR) is 103 cm³/mol. The molecule has 2 aromatic heterocycles. The van der Waals surface area contributed by atoms with E-state index in [0.29, 0.717) is 32.6 Å². The Balaban J connectivity index is 1.68. The predicted octanol–water partition coefficient (Wildman–Crippen LogP) is 2.14. The number of fused-ring (bicyclic) bond motifs is 1. The first-order valence-electron chi connectivity index (χ1n) is 8.92. The number of ether oxygens (including phenoxy) is 2. The number of aryl methyl sites for hydroxylation is 1. The smallest absolute Gasteiger partial charge is 0.220 e. The maximum absolute atomic E-state index is 12.1. The first kappa shape index (κ1) is 19.0. The third-order valence-electron chi connectivity index (χ3n) is 4.75. The van der Waals surface area contributed by atoms with Crippen molar-refractivity contribution in [3.05, 3.63) is 17.3 Å². The molecular weight excluding hydrogens is 352 g/mol. The number of nitrogens with one attached hydrogen (secondary N) is 1. The van der Waals surface area contributed by atoms with Crippen LogP contribution in [0.15, 0.2) is 11.7 Å². The van der Waals surface area contributed by atoms with Crippen LogP contribution in [0.5, 0.6) is 0 Å². The van der Waals surface area contributed by atoms with Crippen LogP contribution in [-0.4, -0.2) is 61.4 Å². The molecular formula is C18H26N4O3S. The number of carbonyl (C=O) groups excluding carboxylic acids is 1. The van der Waals surface area contributed by atoms with Crippen LogP contribution in [0.3, 0.4) is 0 Å². The number of carbonyl (C=O) groups is 1. The Labute approximate surface area is 157 Å². The van der Waals surface area contributed by atoms with Crippen molar-refractivity contribution in [3.63, 3.8) is 0 Å². The van der Waals surface area contributed by atoms with E-state index in [2.05, 4.69) is 32.5 Å². The van der Waals surface area contributed by atoms with Gasteiger partial charge in [0.15, 0.2) is 0 Å². The van der Waals surface area contributed by atoms with Crippen LogP contribution in [0.1, 0.15) is 25.3 Å². The van der Waals surface area contributed by atoms with E-state index in [9.17, 15) is 4.79 Å². The second-order valence-electron chi connectivity index (χ2n) is 6.61. The van der Waals surface area contributed by atoms with E-state index in [1.54, 1.807) is 24.8 Å². The van der Waals surface area contributed by atoms with Crippen molar-refractivity contribution < 1.29 is 14.3 Å². The van der Waals surface area contributed by atoms with Gasteiger partial charge < -0.3 is 19.7 Å². The van der Waals surface area contributed by atoms with Gasteiger partial charge in [-0.3, -0.25) is 4.79 Å². The number of anilines is 1. The molecule has 7 nitrogen and oxygen atoms in total. The molecule has 0 aliphatic carbocycles. The fourth-order valence-electron chi connectivity index (χ4n) is 3.09. The normalized spacial score (nSPS) is 18.9. The molecule has 1 amide bonds. The van der Waals surface area contributed by atoms with Crippen LogP contribution in [0, 0.1) is 6.92 Å². The summed E-state index contributed by atoms with van der Waals surface area (Å²) in [5.74, 6) is 0.975. The third-order valence-corrected chi connectivity index (χ3v) is 5.75. The number of nitrogens with zero attached hydrogens (tertiary/aromatic N) is 3. The summed E-state index contributed by atoms with van der Waals surface area (Å²) in [5.41, 5.74) is 1.18. The van der Waals surface area contributed by atoms with Crippen LogP contribution in [0.25, 0.3) is 10.2 Å². The summed E-state index contributed by atoms with van der Waals surface area (Å²) in [6, 6.07) is 0.0601. The number of morpholine rings is 1. The van der Waals surface area contributed by atoms with Crippen molar-refractivity contribution in [1.82, 2.24) is 15.3 Å². The largest absolute Gasteiger partial charge is 0.382 e. The molecule has 0 saturated carbocycles. The first-order valence-corrected chi connectivity index (χ1v) is 9.80. The highest BCUT2D eigenvalue weighted by Gasteiger charge is 2.27. The fraction of sp³-hybridized carbons (Fsp3) is 0.611. The molecule has 0 aromatic carbocycles. The van der Waals surface area contributed by atoms with Crippen LogP contribution in [-0.2, 0) is 14.3 Å². The minimum atomic E-state index is 0.0407. The lowest BCUT2D eigenvalue weighted by Gasteiger charge is -2.37. The van der Waals surface area contributed by atoms with Gasteiger partial charge in [0.25, 0.3) is 0 Å². The molecule has 2 unspecified atom stereocenters. The molecule has 8 heteroatoms. The Morgan fingerprint density at radius 2 is 2.38 bits per heavy atom. The molecule has 2 atom stereocenters. The third kappa shape index (κ3) is 4.31. The Morgan fingerprint density at radius 3 is 3.19 bits per heavy atom. The zero-order valence-corrected chi connectivity index (χ0v) is 16.3. The number of aromatic nitrogens is 2. The summed E-state index contributed by atoms with van der Waals surface area (Å²) in [4.78, 5) is 24.3. The standard InChI is InChI=1S/C18H26N4O3S/c1-12-10-26-18-16(12)17(20-11-21-18)22-6-7-25-9-14(22)8-19-15(23)5-4-13(2)24-3/h10-11,13-14H,4-9H2,1-3H3,(H,19,23). The zero-order chi connectivity index (χ0) is 18.5. The monoisotopic (exact) mass is 378 g/mol. The summed E-state index contributed by atoms with van der Waals surface area (Å²) in [6.45, 7) is 6.57. The minimum Gasteiger partial charge on any atom is -0.382 e. The molecule has 0 bridgehead atoms. The lowest BCUT2D eigenvalue weighted by atomic mass is 10.1. The number of methoxy groups -OCH3 is 1. The second-order valence-corrected chi connectivity index (χ2v) is 7.47. The maximum atomic E-state index is 12.1. The number of hydrogen-bond donors (Lipinski definition) is 1. The van der Waals surface area contributed by atoms with E-state index in [-0.39, 0.29) is 18.1 Å². The average molecular weight is 378 g/mol. The summed E-state index contributed by atoms with van der Waals surface area (Å²) >= 11 is 1.63. The van der Waals surface area contributed by atoms with Gasteiger partial charge in [-0.15, -0.1) is 11.3 Å². The van der Waals surface area contributed by atoms with E-state index in [1.807, 2.05) is 6.92 Å². The highest BCUT2D eigenvalue weighted by atomic mass is 32.1. The Kier molecular flexibility index (Phi) is 6.39. The van der Waals surface area contributed by atoms with Gasteiger partial charge in [-0.1, -0.05) is 0 Å². The van der Waals surface area contributed by atoms with Crippen LogP contribution < -0.4 is 10.2 Å². The van der Waals surface area contributed by atoms with Crippen molar-refractivity contribution >= 4 is 33.3 Å². The second kappa shape index (κ2) is 8.75. The minimum absolute atomic E-state index is 0.0407. The van der Waals surface area contributed by atoms with Crippen molar-refractivity contribution in [2.45, 2.75) is 38.8 Å². The van der Waals surface area contributed by atoms with Crippen LogP contribution in [0.2, 0.25) is 0 Å². The number of thiophene rings is 1. The van der Waals surface area contributed by atoms with Crippen molar-refractivity contribution in [1.29, 1.82) is 0 Å². The van der Waals surface area contributed by atoms with E-state index in [0.717, 1.165) is 22.6 Å². The molecule has 0 radical (unpaired) electrons. The van der Waals surface area contributed by atoms with E-state index < -0.39 is 0 Å². The van der Waals surface area contributed by atoms with Gasteiger partial charge in [0.2, 0.25) is 5.91 Å². The van der Waals surface area contributed by atoms with Crippen molar-refractivity contribution in [2.24, 2.45) is 0 Å². The molecule has 1 aliphatic heterocycles. The lowest BCUT2D eigenvalue weighted by Crippen LogP contribution is -2.51. The van der Waals surface area contributed by atoms with Gasteiger partial charge in [0.1, 0.15) is 17.0 Å². The van der Waals surface area contributed by atoms with E-state index >= 15 is 0 Å². The Bertz CT molecular complexity index is 751. The molecule has 26 heavy (non-hydrogen) atoms. The van der Waals surface area contributed by atoms with Crippen LogP contribution in [0.4, 0.5) is 5.82 Å². The number of rotatable bonds is 7. The van der Waals surface area contributed by atoms with E-state index in [1.165, 1.54) is 5.56 Å². The number of hydrogen-bond acceptors (Lipinski definition) is 7. The van der Waals surface area contributed by atoms with Gasteiger partial charge in [0, 0.05) is 26.6 Å². The van der Waals surface area contributed by atoms with Crippen molar-refractivity contribution in [2.75, 3.05) is 38.3 Å². The van der Waals surface area contributed by atoms with Crippen LogP contribution >= 0.6 is 11.3 Å².